The third-order valence-electron chi connectivity index (χ3n) is 4.19. The van der Waals surface area contributed by atoms with E-state index in [9.17, 15) is 21.6 Å². The van der Waals surface area contributed by atoms with E-state index in [1.165, 1.54) is 29.8 Å². The van der Waals surface area contributed by atoms with Gasteiger partial charge in [-0.15, -0.1) is 0 Å². The van der Waals surface area contributed by atoms with Crippen molar-refractivity contribution in [1.82, 2.24) is 19.5 Å². The molecule has 29 heavy (non-hydrogen) atoms. The van der Waals surface area contributed by atoms with Crippen molar-refractivity contribution in [3.05, 3.63) is 41.7 Å². The first-order valence-electron chi connectivity index (χ1n) is 8.27. The van der Waals surface area contributed by atoms with Gasteiger partial charge >= 0.3 is 6.18 Å². The molecule has 0 aliphatic heterocycles. The highest BCUT2D eigenvalue weighted by molar-refractivity contribution is 7.91. The van der Waals surface area contributed by atoms with E-state index >= 15 is 0 Å². The van der Waals surface area contributed by atoms with E-state index in [4.69, 9.17) is 5.26 Å². The molecule has 0 saturated carbocycles. The van der Waals surface area contributed by atoms with Crippen molar-refractivity contribution in [2.75, 3.05) is 5.75 Å². The number of aromatic nitrogens is 4. The molecule has 0 atom stereocenters. The van der Waals surface area contributed by atoms with Crippen LogP contribution in [0, 0.1) is 11.3 Å². The molecule has 3 aromatic heterocycles. The Morgan fingerprint density at radius 1 is 1.24 bits per heavy atom. The van der Waals surface area contributed by atoms with Gasteiger partial charge in [-0.1, -0.05) is 6.92 Å². The van der Waals surface area contributed by atoms with Gasteiger partial charge in [0.15, 0.2) is 21.3 Å². The first-order chi connectivity index (χ1) is 13.6. The molecule has 0 N–H and O–H groups in total. The second-order valence-corrected chi connectivity index (χ2v) is 8.29. The molecule has 3 heterocycles. The fraction of sp³-hybridized carbons (Fsp3) is 0.222. The minimum atomic E-state index is -4.74. The Morgan fingerprint density at radius 2 is 1.97 bits per heavy atom. The van der Waals surface area contributed by atoms with Gasteiger partial charge in [-0.05, 0) is 23.8 Å². The van der Waals surface area contributed by atoms with Crippen LogP contribution in [0.3, 0.4) is 0 Å². The number of nitriles is 1. The SMILES string of the molecule is CCS(=O)(=O)c1cc(C(F)(F)F)cnc1-c1nc2cc(/C=C/C#N)cnc2n1C. The fourth-order valence-corrected chi connectivity index (χ4v) is 3.74. The summed E-state index contributed by atoms with van der Waals surface area (Å²) in [6, 6.07) is 4.05. The van der Waals surface area contributed by atoms with Crippen LogP contribution in [0.5, 0.6) is 0 Å². The van der Waals surface area contributed by atoms with E-state index in [1.54, 1.807) is 13.1 Å². The minimum Gasteiger partial charge on any atom is -0.310 e. The van der Waals surface area contributed by atoms with Crippen molar-refractivity contribution in [2.45, 2.75) is 18.0 Å². The second-order valence-electron chi connectivity index (χ2n) is 6.04. The zero-order chi connectivity index (χ0) is 21.4. The summed E-state index contributed by atoms with van der Waals surface area (Å²) in [6.07, 6.45) is 0.114. The average Bonchev–Trinajstić information content (AvgIpc) is 3.01. The van der Waals surface area contributed by atoms with E-state index in [2.05, 4.69) is 15.0 Å². The molecule has 0 fully saturated rings. The Balaban J connectivity index is 2.27. The summed E-state index contributed by atoms with van der Waals surface area (Å²) >= 11 is 0. The molecule has 0 aliphatic carbocycles. The third kappa shape index (κ3) is 3.84. The van der Waals surface area contributed by atoms with E-state index in [0.717, 1.165) is 0 Å². The van der Waals surface area contributed by atoms with Crippen LogP contribution in [-0.4, -0.2) is 33.7 Å². The number of imidazole rings is 1. The number of fused-ring (bicyclic) bond motifs is 1. The van der Waals surface area contributed by atoms with Crippen LogP contribution in [0.25, 0.3) is 28.8 Å². The summed E-state index contributed by atoms with van der Waals surface area (Å²) in [4.78, 5) is 11.8. The molecule has 0 spiro atoms. The molecular weight excluding hydrogens is 407 g/mol. The van der Waals surface area contributed by atoms with Gasteiger partial charge in [0.2, 0.25) is 0 Å². The second kappa shape index (κ2) is 7.29. The van der Waals surface area contributed by atoms with Gasteiger partial charge in [-0.2, -0.15) is 18.4 Å². The zero-order valence-electron chi connectivity index (χ0n) is 15.3. The van der Waals surface area contributed by atoms with Crippen LogP contribution < -0.4 is 0 Å². The van der Waals surface area contributed by atoms with E-state index in [0.29, 0.717) is 29.0 Å². The van der Waals surface area contributed by atoms with Gasteiger partial charge in [0.25, 0.3) is 0 Å². The van der Waals surface area contributed by atoms with Crippen molar-refractivity contribution in [3.63, 3.8) is 0 Å². The average molecular weight is 421 g/mol. The lowest BCUT2D eigenvalue weighted by molar-refractivity contribution is -0.138. The molecule has 150 valence electrons. The summed E-state index contributed by atoms with van der Waals surface area (Å²) in [5.41, 5.74) is 0.00817. The number of hydrogen-bond donors (Lipinski definition) is 0. The molecule has 0 saturated heterocycles. The quantitative estimate of drug-likeness (QED) is 0.599. The molecule has 0 amide bonds. The van der Waals surface area contributed by atoms with Gasteiger partial charge in [-0.3, -0.25) is 4.98 Å². The number of halogens is 3. The Labute approximate surface area is 164 Å². The monoisotopic (exact) mass is 421 g/mol. The van der Waals surface area contributed by atoms with Crippen LogP contribution in [0.4, 0.5) is 13.2 Å². The fourth-order valence-electron chi connectivity index (χ4n) is 2.69. The number of pyridine rings is 2. The van der Waals surface area contributed by atoms with E-state index < -0.39 is 32.2 Å². The molecule has 0 radical (unpaired) electrons. The standard InChI is InChI=1S/C18H14F3N5O2S/c1-3-29(27,28)14-8-12(18(19,20)21)10-23-15(14)17-25-13-7-11(5-4-6-22)9-24-16(13)26(17)2/h4-5,7-10H,3H2,1-2H3/b5-4+. The van der Waals surface area contributed by atoms with Gasteiger partial charge < -0.3 is 4.57 Å². The molecular formula is C18H14F3N5O2S. The Bertz CT molecular complexity index is 1270. The molecule has 3 rings (SSSR count). The van der Waals surface area contributed by atoms with E-state index in [1.807, 2.05) is 6.07 Å². The maximum absolute atomic E-state index is 13.1. The number of alkyl halides is 3. The smallest absolute Gasteiger partial charge is 0.310 e. The Morgan fingerprint density at radius 3 is 2.59 bits per heavy atom. The van der Waals surface area contributed by atoms with Gasteiger partial charge in [0, 0.05) is 25.5 Å². The number of hydrogen-bond acceptors (Lipinski definition) is 6. The van der Waals surface area contributed by atoms with Gasteiger partial charge in [0.1, 0.15) is 11.2 Å². The van der Waals surface area contributed by atoms with Crippen molar-refractivity contribution >= 4 is 27.1 Å². The number of nitrogens with zero attached hydrogens (tertiary/aromatic N) is 5. The third-order valence-corrected chi connectivity index (χ3v) is 5.93. The van der Waals surface area contributed by atoms with E-state index in [-0.39, 0.29) is 11.5 Å². The Hall–Kier alpha value is -3.26. The summed E-state index contributed by atoms with van der Waals surface area (Å²) < 4.78 is 65.7. The van der Waals surface area contributed by atoms with Crippen LogP contribution >= 0.6 is 0 Å². The minimum absolute atomic E-state index is 0.0645. The highest BCUT2D eigenvalue weighted by Crippen LogP contribution is 2.34. The summed E-state index contributed by atoms with van der Waals surface area (Å²) in [6.45, 7) is 1.34. The van der Waals surface area contributed by atoms with Crippen LogP contribution in [0.1, 0.15) is 18.1 Å². The molecule has 0 bridgehead atoms. The molecule has 3 aromatic rings. The zero-order valence-corrected chi connectivity index (χ0v) is 16.1. The van der Waals surface area contributed by atoms with Crippen LogP contribution in [-0.2, 0) is 23.1 Å². The number of sulfone groups is 1. The van der Waals surface area contributed by atoms with Gasteiger partial charge in [0.05, 0.1) is 22.3 Å². The highest BCUT2D eigenvalue weighted by Gasteiger charge is 2.34. The predicted molar refractivity (Wildman–Crippen MR) is 99.1 cm³/mol. The van der Waals surface area contributed by atoms with Crippen molar-refractivity contribution in [1.29, 1.82) is 5.26 Å². The summed E-state index contributed by atoms with van der Waals surface area (Å²) in [5.74, 6) is -0.330. The lowest BCUT2D eigenvalue weighted by Crippen LogP contribution is -2.13. The summed E-state index contributed by atoms with van der Waals surface area (Å²) in [7, 11) is -2.46. The van der Waals surface area contributed by atoms with Gasteiger partial charge in [-0.25, -0.2) is 18.4 Å². The van der Waals surface area contributed by atoms with Crippen molar-refractivity contribution in [3.8, 4) is 17.6 Å². The normalized spacial score (nSPS) is 12.6. The van der Waals surface area contributed by atoms with Crippen LogP contribution in [0.2, 0.25) is 0 Å². The molecule has 11 heteroatoms. The van der Waals surface area contributed by atoms with Crippen LogP contribution in [0.15, 0.2) is 35.5 Å². The highest BCUT2D eigenvalue weighted by atomic mass is 32.2. The molecule has 0 aliphatic rings. The molecule has 0 unspecified atom stereocenters. The maximum atomic E-state index is 13.1. The lowest BCUT2D eigenvalue weighted by Gasteiger charge is -2.12. The molecule has 0 aromatic carbocycles. The maximum Gasteiger partial charge on any atom is 0.417 e. The largest absolute Gasteiger partial charge is 0.417 e. The number of rotatable bonds is 4. The number of aryl methyl sites for hydroxylation is 1. The first-order valence-corrected chi connectivity index (χ1v) is 9.92. The first kappa shape index (κ1) is 20.5. The lowest BCUT2D eigenvalue weighted by atomic mass is 10.2. The predicted octanol–water partition coefficient (Wildman–Crippen LogP) is 3.38. The Kier molecular flexibility index (Phi) is 5.15. The summed E-state index contributed by atoms with van der Waals surface area (Å²) in [5, 5.41) is 8.63. The number of allylic oxidation sites excluding steroid dienone is 1. The topological polar surface area (TPSA) is 102 Å². The molecule has 7 nitrogen and oxygen atoms in total. The van der Waals surface area contributed by atoms with Crippen molar-refractivity contribution < 1.29 is 21.6 Å². The van der Waals surface area contributed by atoms with Crippen molar-refractivity contribution in [2.24, 2.45) is 7.05 Å².